The molecule has 0 spiro atoms. The lowest BCUT2D eigenvalue weighted by Gasteiger charge is -2.14. The average Bonchev–Trinajstić information content (AvgIpc) is 2.83. The van der Waals surface area contributed by atoms with Gasteiger partial charge in [0.25, 0.3) is 5.69 Å². The summed E-state index contributed by atoms with van der Waals surface area (Å²) in [7, 11) is 0. The second-order valence-electron chi connectivity index (χ2n) is 7.19. The summed E-state index contributed by atoms with van der Waals surface area (Å²) in [6.07, 6.45) is 0.528. The van der Waals surface area contributed by atoms with Gasteiger partial charge in [-0.05, 0) is 55.7 Å². The van der Waals surface area contributed by atoms with Gasteiger partial charge >= 0.3 is 11.9 Å². The molecule has 0 heterocycles. The molecule has 0 saturated heterocycles. The fraction of sp³-hybridized carbons (Fsp3) is 0.200. The molecule has 0 fully saturated rings. The second kappa shape index (κ2) is 11.4. The predicted octanol–water partition coefficient (Wildman–Crippen LogP) is 4.76. The van der Waals surface area contributed by atoms with Crippen LogP contribution in [-0.4, -0.2) is 29.6 Å². The Balaban J connectivity index is 1.49. The number of carbonyl (C=O) groups excluding carboxylic acids is 2. The molecule has 1 atom stereocenters. The summed E-state index contributed by atoms with van der Waals surface area (Å²) in [6.45, 7) is 1.77. The summed E-state index contributed by atoms with van der Waals surface area (Å²) in [4.78, 5) is 34.8. The van der Waals surface area contributed by atoms with Crippen molar-refractivity contribution in [3.05, 3.63) is 100 Å². The lowest BCUT2D eigenvalue weighted by atomic mass is 10.1. The van der Waals surface area contributed by atoms with Gasteiger partial charge in [-0.2, -0.15) is 0 Å². The van der Waals surface area contributed by atoms with Gasteiger partial charge < -0.3 is 14.2 Å². The van der Waals surface area contributed by atoms with Crippen molar-refractivity contribution in [2.75, 3.05) is 6.61 Å². The summed E-state index contributed by atoms with van der Waals surface area (Å²) in [6, 6.07) is 21.4. The Morgan fingerprint density at radius 2 is 1.67 bits per heavy atom. The van der Waals surface area contributed by atoms with Gasteiger partial charge in [-0.15, -0.1) is 0 Å². The molecule has 33 heavy (non-hydrogen) atoms. The van der Waals surface area contributed by atoms with E-state index in [0.29, 0.717) is 6.42 Å². The SMILES string of the molecule is CC(Oc1ccc([N+](=O)[O-])cc1)C(=O)Oc1cccc(C(=O)OCCCc2ccccc2)c1. The highest BCUT2D eigenvalue weighted by molar-refractivity contribution is 5.90. The maximum atomic E-state index is 12.3. The molecule has 170 valence electrons. The van der Waals surface area contributed by atoms with Gasteiger partial charge in [-0.1, -0.05) is 36.4 Å². The third-order valence-electron chi connectivity index (χ3n) is 4.67. The smallest absolute Gasteiger partial charge is 0.352 e. The molecule has 0 saturated carbocycles. The molecule has 8 heteroatoms. The fourth-order valence-electron chi connectivity index (χ4n) is 2.95. The monoisotopic (exact) mass is 449 g/mol. The maximum absolute atomic E-state index is 12.3. The normalized spacial score (nSPS) is 11.3. The van der Waals surface area contributed by atoms with Crippen molar-refractivity contribution in [1.29, 1.82) is 0 Å². The van der Waals surface area contributed by atoms with Crippen molar-refractivity contribution in [3.63, 3.8) is 0 Å². The van der Waals surface area contributed by atoms with Crippen molar-refractivity contribution in [1.82, 2.24) is 0 Å². The molecule has 3 rings (SSSR count). The quantitative estimate of drug-likeness (QED) is 0.144. The lowest BCUT2D eigenvalue weighted by molar-refractivity contribution is -0.384. The van der Waals surface area contributed by atoms with E-state index in [-0.39, 0.29) is 29.4 Å². The molecule has 0 bridgehead atoms. The Labute approximate surface area is 190 Å². The number of nitrogens with zero attached hydrogens (tertiary/aromatic N) is 1. The van der Waals surface area contributed by atoms with Gasteiger partial charge in [0.15, 0.2) is 6.10 Å². The van der Waals surface area contributed by atoms with Gasteiger partial charge in [-0.3, -0.25) is 10.1 Å². The van der Waals surface area contributed by atoms with Gasteiger partial charge in [0.1, 0.15) is 11.5 Å². The minimum Gasteiger partial charge on any atom is -0.479 e. The van der Waals surface area contributed by atoms with Crippen molar-refractivity contribution in [3.8, 4) is 11.5 Å². The molecule has 3 aromatic carbocycles. The van der Waals surface area contributed by atoms with Gasteiger partial charge in [0.2, 0.25) is 0 Å². The van der Waals surface area contributed by atoms with E-state index in [2.05, 4.69) is 0 Å². The van der Waals surface area contributed by atoms with Crippen LogP contribution >= 0.6 is 0 Å². The highest BCUT2D eigenvalue weighted by atomic mass is 16.6. The zero-order valence-electron chi connectivity index (χ0n) is 18.0. The Morgan fingerprint density at radius 1 is 0.939 bits per heavy atom. The second-order valence-corrected chi connectivity index (χ2v) is 7.19. The van der Waals surface area contributed by atoms with E-state index in [4.69, 9.17) is 14.2 Å². The molecule has 0 radical (unpaired) electrons. The molecule has 0 aliphatic carbocycles. The van der Waals surface area contributed by atoms with Crippen LogP contribution in [0.5, 0.6) is 11.5 Å². The Kier molecular flexibility index (Phi) is 8.13. The molecule has 0 amide bonds. The van der Waals surface area contributed by atoms with Crippen LogP contribution in [0.4, 0.5) is 5.69 Å². The molecule has 0 N–H and O–H groups in total. The molecule has 0 aliphatic heterocycles. The van der Waals surface area contributed by atoms with Crippen LogP contribution in [0, 0.1) is 10.1 Å². The van der Waals surface area contributed by atoms with Gasteiger partial charge in [-0.25, -0.2) is 9.59 Å². The standard InChI is InChI=1S/C25H23NO7/c1-18(32-22-14-12-21(13-15-22)26(29)30)24(27)33-23-11-5-10-20(17-23)25(28)31-16-6-9-19-7-3-2-4-8-19/h2-5,7-8,10-15,17-18H,6,9,16H2,1H3. The van der Waals surface area contributed by atoms with E-state index in [0.717, 1.165) is 6.42 Å². The minimum atomic E-state index is -0.972. The number of rotatable bonds is 10. The summed E-state index contributed by atoms with van der Waals surface area (Å²) in [5, 5.41) is 10.7. The van der Waals surface area contributed by atoms with Crippen LogP contribution in [-0.2, 0) is 16.0 Å². The number of nitro groups is 1. The average molecular weight is 449 g/mol. The van der Waals surface area contributed by atoms with Crippen molar-refractivity contribution in [2.45, 2.75) is 25.9 Å². The zero-order chi connectivity index (χ0) is 23.6. The number of hydrogen-bond acceptors (Lipinski definition) is 7. The van der Waals surface area contributed by atoms with E-state index >= 15 is 0 Å². The van der Waals surface area contributed by atoms with Crippen LogP contribution in [0.15, 0.2) is 78.9 Å². The molecule has 0 aromatic heterocycles. The van der Waals surface area contributed by atoms with Gasteiger partial charge in [0.05, 0.1) is 17.1 Å². The van der Waals surface area contributed by atoms with Crippen LogP contribution < -0.4 is 9.47 Å². The lowest BCUT2D eigenvalue weighted by Crippen LogP contribution is -2.28. The number of ether oxygens (including phenoxy) is 3. The number of benzene rings is 3. The van der Waals surface area contributed by atoms with Crippen LogP contribution in [0.3, 0.4) is 0 Å². The van der Waals surface area contributed by atoms with Crippen molar-refractivity contribution < 1.29 is 28.7 Å². The first-order chi connectivity index (χ1) is 15.9. The molecular formula is C25H23NO7. The van der Waals surface area contributed by atoms with Crippen LogP contribution in [0.2, 0.25) is 0 Å². The first kappa shape index (κ1) is 23.5. The number of hydrogen-bond donors (Lipinski definition) is 0. The maximum Gasteiger partial charge on any atom is 0.352 e. The first-order valence-corrected chi connectivity index (χ1v) is 10.4. The minimum absolute atomic E-state index is 0.0821. The molecule has 3 aromatic rings. The van der Waals surface area contributed by atoms with E-state index in [1.54, 1.807) is 18.2 Å². The summed E-state index contributed by atoms with van der Waals surface area (Å²) in [5.41, 5.74) is 1.36. The van der Waals surface area contributed by atoms with E-state index in [1.165, 1.54) is 42.8 Å². The van der Waals surface area contributed by atoms with Crippen molar-refractivity contribution in [2.24, 2.45) is 0 Å². The highest BCUT2D eigenvalue weighted by Crippen LogP contribution is 2.20. The van der Waals surface area contributed by atoms with Gasteiger partial charge in [0, 0.05) is 12.1 Å². The summed E-state index contributed by atoms with van der Waals surface area (Å²) < 4.78 is 16.1. The summed E-state index contributed by atoms with van der Waals surface area (Å²) in [5.74, 6) is -0.714. The predicted molar refractivity (Wildman–Crippen MR) is 120 cm³/mol. The van der Waals surface area contributed by atoms with Crippen LogP contribution in [0.25, 0.3) is 0 Å². The largest absolute Gasteiger partial charge is 0.479 e. The number of aryl methyl sites for hydroxylation is 1. The topological polar surface area (TPSA) is 105 Å². The Bertz CT molecular complexity index is 1100. The molecule has 1 unspecified atom stereocenters. The number of carbonyl (C=O) groups is 2. The van der Waals surface area contributed by atoms with E-state index < -0.39 is 23.0 Å². The number of non-ortho nitro benzene ring substituents is 1. The van der Waals surface area contributed by atoms with Crippen LogP contribution in [0.1, 0.15) is 29.3 Å². The molecular weight excluding hydrogens is 426 g/mol. The zero-order valence-corrected chi connectivity index (χ0v) is 18.0. The molecule has 8 nitrogen and oxygen atoms in total. The number of esters is 2. The summed E-state index contributed by atoms with van der Waals surface area (Å²) >= 11 is 0. The third kappa shape index (κ3) is 7.17. The Morgan fingerprint density at radius 3 is 2.36 bits per heavy atom. The number of nitro benzene ring substituents is 1. The third-order valence-corrected chi connectivity index (χ3v) is 4.67. The van der Waals surface area contributed by atoms with E-state index in [9.17, 15) is 19.7 Å². The highest BCUT2D eigenvalue weighted by Gasteiger charge is 2.19. The van der Waals surface area contributed by atoms with Crippen molar-refractivity contribution >= 4 is 17.6 Å². The Hall–Kier alpha value is -4.20. The fourth-order valence-corrected chi connectivity index (χ4v) is 2.95. The first-order valence-electron chi connectivity index (χ1n) is 10.4. The van der Waals surface area contributed by atoms with E-state index in [1.807, 2.05) is 30.3 Å². The molecule has 0 aliphatic rings.